The summed E-state index contributed by atoms with van der Waals surface area (Å²) in [5.41, 5.74) is 0. The lowest BCUT2D eigenvalue weighted by molar-refractivity contribution is -0.137. The van der Waals surface area contributed by atoms with Gasteiger partial charge in [0.05, 0.1) is 0 Å². The third-order valence-electron chi connectivity index (χ3n) is 4.41. The average molecular weight is 254 g/mol. The van der Waals surface area contributed by atoms with Crippen LogP contribution < -0.4 is 10.6 Å². The van der Waals surface area contributed by atoms with E-state index in [9.17, 15) is 4.79 Å². The number of carboxylic acid groups (broad SMARTS) is 1. The van der Waals surface area contributed by atoms with Crippen molar-refractivity contribution < 1.29 is 9.90 Å². The number of hydrogen-bond acceptors (Lipinski definition) is 3. The molecule has 2 rings (SSSR count). The molecule has 3 unspecified atom stereocenters. The molecule has 0 amide bonds. The predicted octanol–water partition coefficient (Wildman–Crippen LogP) is 1.75. The van der Waals surface area contributed by atoms with Crippen LogP contribution in [0.15, 0.2) is 0 Å². The highest BCUT2D eigenvalue weighted by atomic mass is 16.4. The summed E-state index contributed by atoms with van der Waals surface area (Å²) >= 11 is 0. The van der Waals surface area contributed by atoms with Crippen LogP contribution in [0.1, 0.15) is 51.4 Å². The first-order valence-electron chi connectivity index (χ1n) is 7.46. The Bertz CT molecular complexity index is 265. The highest BCUT2D eigenvalue weighted by molar-refractivity contribution is 5.66. The van der Waals surface area contributed by atoms with Crippen LogP contribution in [0.4, 0.5) is 0 Å². The quantitative estimate of drug-likeness (QED) is 0.632. The van der Waals surface area contributed by atoms with E-state index in [1.165, 1.54) is 45.1 Å². The Hall–Kier alpha value is -0.610. The normalized spacial score (nSPS) is 32.6. The van der Waals surface area contributed by atoms with Crippen molar-refractivity contribution in [3.05, 3.63) is 0 Å². The van der Waals surface area contributed by atoms with Crippen LogP contribution in [0.2, 0.25) is 0 Å². The van der Waals surface area contributed by atoms with Crippen molar-refractivity contribution >= 4 is 5.97 Å². The van der Waals surface area contributed by atoms with Gasteiger partial charge in [-0.3, -0.25) is 4.79 Å². The first-order chi connectivity index (χ1) is 8.77. The van der Waals surface area contributed by atoms with E-state index in [2.05, 4.69) is 10.6 Å². The fourth-order valence-corrected chi connectivity index (χ4v) is 3.50. The number of rotatable bonds is 6. The van der Waals surface area contributed by atoms with Gasteiger partial charge >= 0.3 is 5.97 Å². The van der Waals surface area contributed by atoms with E-state index in [1.807, 2.05) is 0 Å². The van der Waals surface area contributed by atoms with Gasteiger partial charge in [-0.15, -0.1) is 0 Å². The zero-order valence-electron chi connectivity index (χ0n) is 11.2. The molecular weight excluding hydrogens is 228 g/mol. The van der Waals surface area contributed by atoms with Crippen molar-refractivity contribution in [1.29, 1.82) is 0 Å². The Morgan fingerprint density at radius 1 is 1.22 bits per heavy atom. The second-order valence-corrected chi connectivity index (χ2v) is 5.71. The van der Waals surface area contributed by atoms with Crippen molar-refractivity contribution in [3.8, 4) is 0 Å². The topological polar surface area (TPSA) is 61.4 Å². The molecule has 0 aromatic carbocycles. The Balaban J connectivity index is 1.74. The van der Waals surface area contributed by atoms with Gasteiger partial charge in [-0.2, -0.15) is 0 Å². The summed E-state index contributed by atoms with van der Waals surface area (Å²) in [7, 11) is 0. The fourth-order valence-electron chi connectivity index (χ4n) is 3.50. The van der Waals surface area contributed by atoms with E-state index in [-0.39, 0.29) is 6.42 Å². The first-order valence-corrected chi connectivity index (χ1v) is 7.46. The molecule has 2 fully saturated rings. The van der Waals surface area contributed by atoms with Crippen LogP contribution in [0.3, 0.4) is 0 Å². The first kappa shape index (κ1) is 13.8. The monoisotopic (exact) mass is 254 g/mol. The van der Waals surface area contributed by atoms with E-state index in [0.717, 1.165) is 18.9 Å². The molecule has 0 aromatic rings. The Labute approximate surface area is 110 Å². The molecule has 0 aromatic heterocycles. The molecule has 104 valence electrons. The van der Waals surface area contributed by atoms with E-state index in [0.29, 0.717) is 12.1 Å². The molecule has 2 aliphatic rings. The van der Waals surface area contributed by atoms with Gasteiger partial charge < -0.3 is 15.7 Å². The molecule has 1 heterocycles. The summed E-state index contributed by atoms with van der Waals surface area (Å²) in [6.07, 6.45) is 8.92. The van der Waals surface area contributed by atoms with Gasteiger partial charge in [0.25, 0.3) is 0 Å². The molecule has 0 radical (unpaired) electrons. The smallest absolute Gasteiger partial charge is 0.303 e. The zero-order valence-corrected chi connectivity index (χ0v) is 11.2. The summed E-state index contributed by atoms with van der Waals surface area (Å²) in [5, 5.41) is 15.9. The van der Waals surface area contributed by atoms with Gasteiger partial charge in [0.2, 0.25) is 0 Å². The predicted molar refractivity (Wildman–Crippen MR) is 71.6 cm³/mol. The molecule has 0 bridgehead atoms. The second kappa shape index (κ2) is 7.10. The SMILES string of the molecule is O=C(O)CCCNC1CCCCC1C1CCCN1. The molecule has 1 saturated carbocycles. The van der Waals surface area contributed by atoms with Gasteiger partial charge in [0, 0.05) is 18.5 Å². The van der Waals surface area contributed by atoms with E-state index in [4.69, 9.17) is 5.11 Å². The van der Waals surface area contributed by atoms with Crippen molar-refractivity contribution in [2.75, 3.05) is 13.1 Å². The van der Waals surface area contributed by atoms with E-state index < -0.39 is 5.97 Å². The minimum Gasteiger partial charge on any atom is -0.481 e. The number of hydrogen-bond donors (Lipinski definition) is 3. The maximum absolute atomic E-state index is 10.5. The van der Waals surface area contributed by atoms with Gasteiger partial charge in [-0.05, 0) is 51.1 Å². The molecule has 1 saturated heterocycles. The van der Waals surface area contributed by atoms with Crippen molar-refractivity contribution in [1.82, 2.24) is 10.6 Å². The molecule has 3 N–H and O–H groups in total. The number of nitrogens with one attached hydrogen (secondary N) is 2. The molecule has 3 atom stereocenters. The summed E-state index contributed by atoms with van der Waals surface area (Å²) < 4.78 is 0. The lowest BCUT2D eigenvalue weighted by Crippen LogP contribution is -2.47. The van der Waals surface area contributed by atoms with Crippen LogP contribution in [0.25, 0.3) is 0 Å². The fraction of sp³-hybridized carbons (Fsp3) is 0.929. The van der Waals surface area contributed by atoms with E-state index >= 15 is 0 Å². The summed E-state index contributed by atoms with van der Waals surface area (Å²) in [6, 6.07) is 1.30. The number of carboxylic acids is 1. The maximum atomic E-state index is 10.5. The zero-order chi connectivity index (χ0) is 12.8. The minimum absolute atomic E-state index is 0.284. The number of carbonyl (C=O) groups is 1. The van der Waals surface area contributed by atoms with Gasteiger partial charge in [-0.1, -0.05) is 12.8 Å². The van der Waals surface area contributed by atoms with Gasteiger partial charge in [-0.25, -0.2) is 0 Å². The number of aliphatic carboxylic acids is 1. The van der Waals surface area contributed by atoms with E-state index in [1.54, 1.807) is 0 Å². The van der Waals surface area contributed by atoms with Gasteiger partial charge in [0.1, 0.15) is 0 Å². The highest BCUT2D eigenvalue weighted by Gasteiger charge is 2.32. The molecule has 1 aliphatic heterocycles. The molecule has 4 heteroatoms. The minimum atomic E-state index is -0.686. The second-order valence-electron chi connectivity index (χ2n) is 5.71. The summed E-state index contributed by atoms with van der Waals surface area (Å²) in [6.45, 7) is 2.02. The summed E-state index contributed by atoms with van der Waals surface area (Å²) in [5.74, 6) is 0.0699. The Kier molecular flexibility index (Phi) is 5.45. The van der Waals surface area contributed by atoms with Crippen LogP contribution in [-0.2, 0) is 4.79 Å². The van der Waals surface area contributed by atoms with Gasteiger partial charge in [0.15, 0.2) is 0 Å². The molecular formula is C14H26N2O2. The Morgan fingerprint density at radius 2 is 2.06 bits per heavy atom. The summed E-state index contributed by atoms with van der Waals surface area (Å²) in [4.78, 5) is 10.5. The van der Waals surface area contributed by atoms with Crippen LogP contribution in [0, 0.1) is 5.92 Å². The largest absolute Gasteiger partial charge is 0.481 e. The lowest BCUT2D eigenvalue weighted by atomic mass is 9.79. The van der Waals surface area contributed by atoms with Crippen LogP contribution >= 0.6 is 0 Å². The average Bonchev–Trinajstić information content (AvgIpc) is 2.88. The third kappa shape index (κ3) is 3.95. The van der Waals surface area contributed by atoms with Crippen LogP contribution in [-0.4, -0.2) is 36.2 Å². The van der Waals surface area contributed by atoms with Crippen molar-refractivity contribution in [2.24, 2.45) is 5.92 Å². The van der Waals surface area contributed by atoms with Crippen molar-refractivity contribution in [2.45, 2.75) is 63.5 Å². The maximum Gasteiger partial charge on any atom is 0.303 e. The molecule has 18 heavy (non-hydrogen) atoms. The van der Waals surface area contributed by atoms with Crippen molar-refractivity contribution in [3.63, 3.8) is 0 Å². The molecule has 0 spiro atoms. The third-order valence-corrected chi connectivity index (χ3v) is 4.41. The van der Waals surface area contributed by atoms with Crippen LogP contribution in [0.5, 0.6) is 0 Å². The lowest BCUT2D eigenvalue weighted by Gasteiger charge is -2.36. The molecule has 4 nitrogen and oxygen atoms in total. The standard InChI is InChI=1S/C14H26N2O2/c17-14(18)8-4-10-16-12-6-2-1-5-11(12)13-7-3-9-15-13/h11-13,15-16H,1-10H2,(H,17,18). The molecule has 1 aliphatic carbocycles. The highest BCUT2D eigenvalue weighted by Crippen LogP contribution is 2.30. The Morgan fingerprint density at radius 3 is 2.78 bits per heavy atom.